The van der Waals surface area contributed by atoms with Crippen molar-refractivity contribution < 1.29 is 19.4 Å². The lowest BCUT2D eigenvalue weighted by atomic mass is 9.86. The number of carboxylic acids is 1. The minimum Gasteiger partial charge on any atom is -0.493 e. The molecule has 1 atom stereocenters. The van der Waals surface area contributed by atoms with Crippen molar-refractivity contribution in [1.82, 2.24) is 4.90 Å². The molecule has 0 spiro atoms. The van der Waals surface area contributed by atoms with Crippen LogP contribution >= 0.6 is 11.6 Å². The zero-order valence-corrected chi connectivity index (χ0v) is 15.1. The zero-order chi connectivity index (χ0) is 17.9. The molecule has 2 rings (SSSR count). The third kappa shape index (κ3) is 4.87. The van der Waals surface area contributed by atoms with Gasteiger partial charge in [0.1, 0.15) is 12.2 Å². The molecule has 1 fully saturated rings. The van der Waals surface area contributed by atoms with Gasteiger partial charge in [-0.25, -0.2) is 0 Å². The van der Waals surface area contributed by atoms with Crippen molar-refractivity contribution in [3.63, 3.8) is 0 Å². The summed E-state index contributed by atoms with van der Waals surface area (Å²) < 4.78 is 6.00. The van der Waals surface area contributed by atoms with E-state index < -0.39 is 12.4 Å². The molecule has 1 aliphatic rings. The number of likely N-dealkylation sites (tertiary alicyclic amines) is 1. The minimum absolute atomic E-state index is 0.0839. The van der Waals surface area contributed by atoms with Gasteiger partial charge in [0.15, 0.2) is 0 Å². The molecule has 1 aromatic carbocycles. The van der Waals surface area contributed by atoms with Crippen molar-refractivity contribution in [3.05, 3.63) is 28.8 Å². The number of nitrogens with zero attached hydrogens (tertiary/aromatic N) is 1. The standard InChI is InChI=1S/C18H24ClNO4/c1-18(2,3)14-8-13(19)4-5-15(14)24-11-12-6-7-20(10-12)16(21)9-17(22)23/h4-5,8,12H,6-7,9-11H2,1-3H3,(H,22,23). The Labute approximate surface area is 147 Å². The number of benzene rings is 1. The predicted molar refractivity (Wildman–Crippen MR) is 92.6 cm³/mol. The van der Waals surface area contributed by atoms with Gasteiger partial charge in [0, 0.05) is 29.6 Å². The summed E-state index contributed by atoms with van der Waals surface area (Å²) in [6.07, 6.45) is 0.378. The molecule has 0 aromatic heterocycles. The van der Waals surface area contributed by atoms with Gasteiger partial charge in [-0.2, -0.15) is 0 Å². The van der Waals surface area contributed by atoms with Crippen LogP contribution in [0.1, 0.15) is 39.2 Å². The van der Waals surface area contributed by atoms with Gasteiger partial charge in [-0.1, -0.05) is 32.4 Å². The van der Waals surface area contributed by atoms with Crippen molar-refractivity contribution in [3.8, 4) is 5.75 Å². The number of carboxylic acid groups (broad SMARTS) is 1. The molecule has 5 nitrogen and oxygen atoms in total. The zero-order valence-electron chi connectivity index (χ0n) is 14.3. The van der Waals surface area contributed by atoms with Crippen LogP contribution in [0.15, 0.2) is 18.2 Å². The van der Waals surface area contributed by atoms with E-state index in [1.54, 1.807) is 4.90 Å². The molecule has 0 saturated carbocycles. The number of halogens is 1. The Morgan fingerprint density at radius 2 is 2.08 bits per heavy atom. The molecule has 1 unspecified atom stereocenters. The van der Waals surface area contributed by atoms with Crippen LogP contribution in [-0.2, 0) is 15.0 Å². The molecule has 1 aliphatic heterocycles. The minimum atomic E-state index is -1.09. The molecule has 24 heavy (non-hydrogen) atoms. The molecule has 1 aromatic rings. The van der Waals surface area contributed by atoms with E-state index in [-0.39, 0.29) is 17.2 Å². The molecule has 6 heteroatoms. The Bertz CT molecular complexity index is 624. The highest BCUT2D eigenvalue weighted by Gasteiger charge is 2.28. The summed E-state index contributed by atoms with van der Waals surface area (Å²) in [7, 11) is 0. The van der Waals surface area contributed by atoms with Gasteiger partial charge >= 0.3 is 5.97 Å². The van der Waals surface area contributed by atoms with Crippen LogP contribution in [0.3, 0.4) is 0 Å². The monoisotopic (exact) mass is 353 g/mol. The summed E-state index contributed by atoms with van der Waals surface area (Å²) in [5.74, 6) is -0.393. The highest BCUT2D eigenvalue weighted by Crippen LogP contribution is 2.34. The number of aliphatic carboxylic acids is 1. The third-order valence-electron chi connectivity index (χ3n) is 4.17. The molecule has 0 aliphatic carbocycles. The number of carbonyl (C=O) groups is 2. The van der Waals surface area contributed by atoms with Crippen molar-refractivity contribution in [1.29, 1.82) is 0 Å². The number of hydrogen-bond acceptors (Lipinski definition) is 3. The Morgan fingerprint density at radius 3 is 2.71 bits per heavy atom. The second-order valence-corrected chi connectivity index (χ2v) is 7.70. The predicted octanol–water partition coefficient (Wildman–Crippen LogP) is 3.34. The number of carbonyl (C=O) groups excluding carboxylic acids is 1. The van der Waals surface area contributed by atoms with Crippen LogP contribution in [0.2, 0.25) is 5.02 Å². The van der Waals surface area contributed by atoms with Crippen LogP contribution in [0.5, 0.6) is 5.75 Å². The first-order valence-corrected chi connectivity index (χ1v) is 8.47. The summed E-state index contributed by atoms with van der Waals surface area (Å²) in [6.45, 7) is 7.95. The van der Waals surface area contributed by atoms with Gasteiger partial charge in [-0.05, 0) is 30.0 Å². The van der Waals surface area contributed by atoms with Crippen molar-refractivity contribution in [2.45, 2.75) is 39.0 Å². The molecule has 132 valence electrons. The number of rotatable bonds is 5. The summed E-state index contributed by atoms with van der Waals surface area (Å²) >= 11 is 6.10. The fourth-order valence-electron chi connectivity index (χ4n) is 2.86. The summed E-state index contributed by atoms with van der Waals surface area (Å²) in [5.41, 5.74) is 0.964. The second-order valence-electron chi connectivity index (χ2n) is 7.27. The average molecular weight is 354 g/mol. The summed E-state index contributed by atoms with van der Waals surface area (Å²) in [5, 5.41) is 9.39. The fourth-order valence-corrected chi connectivity index (χ4v) is 3.03. The van der Waals surface area contributed by atoms with Crippen LogP contribution in [-0.4, -0.2) is 41.6 Å². The number of ether oxygens (including phenoxy) is 1. The Kier molecular flexibility index (Phi) is 5.75. The molecule has 1 saturated heterocycles. The van der Waals surface area contributed by atoms with Crippen LogP contribution in [0, 0.1) is 5.92 Å². The lowest BCUT2D eigenvalue weighted by Crippen LogP contribution is -2.31. The first-order valence-electron chi connectivity index (χ1n) is 8.09. The van der Waals surface area contributed by atoms with E-state index in [1.165, 1.54) is 0 Å². The van der Waals surface area contributed by atoms with E-state index in [0.717, 1.165) is 17.7 Å². The second kappa shape index (κ2) is 7.43. The van der Waals surface area contributed by atoms with Crippen molar-refractivity contribution in [2.75, 3.05) is 19.7 Å². The van der Waals surface area contributed by atoms with Crippen LogP contribution < -0.4 is 4.74 Å². The van der Waals surface area contributed by atoms with Gasteiger partial charge < -0.3 is 14.7 Å². The molecular formula is C18H24ClNO4. The smallest absolute Gasteiger partial charge is 0.312 e. The number of hydrogen-bond donors (Lipinski definition) is 1. The van der Waals surface area contributed by atoms with Gasteiger partial charge in [-0.3, -0.25) is 9.59 Å². The molecular weight excluding hydrogens is 330 g/mol. The van der Waals surface area contributed by atoms with Crippen molar-refractivity contribution >= 4 is 23.5 Å². The van der Waals surface area contributed by atoms with Gasteiger partial charge in [0.05, 0.1) is 6.61 Å². The number of amides is 1. The average Bonchev–Trinajstić information content (AvgIpc) is 2.93. The van der Waals surface area contributed by atoms with E-state index in [4.69, 9.17) is 21.4 Å². The van der Waals surface area contributed by atoms with Gasteiger partial charge in [-0.15, -0.1) is 0 Å². The lowest BCUT2D eigenvalue weighted by molar-refractivity contribution is -0.143. The maximum atomic E-state index is 11.8. The first-order chi connectivity index (χ1) is 11.2. The Morgan fingerprint density at radius 1 is 1.38 bits per heavy atom. The first kappa shape index (κ1) is 18.6. The highest BCUT2D eigenvalue weighted by atomic mass is 35.5. The van der Waals surface area contributed by atoms with E-state index in [0.29, 0.717) is 24.7 Å². The molecule has 1 heterocycles. The third-order valence-corrected chi connectivity index (χ3v) is 4.40. The van der Waals surface area contributed by atoms with E-state index in [1.807, 2.05) is 18.2 Å². The maximum absolute atomic E-state index is 11.8. The normalized spacial score (nSPS) is 17.8. The van der Waals surface area contributed by atoms with Crippen molar-refractivity contribution in [2.24, 2.45) is 5.92 Å². The molecule has 1 N–H and O–H groups in total. The maximum Gasteiger partial charge on any atom is 0.312 e. The SMILES string of the molecule is CC(C)(C)c1cc(Cl)ccc1OCC1CCN(C(=O)CC(=O)O)C1. The highest BCUT2D eigenvalue weighted by molar-refractivity contribution is 6.30. The molecule has 0 bridgehead atoms. The van der Waals surface area contributed by atoms with Gasteiger partial charge in [0.25, 0.3) is 0 Å². The van der Waals surface area contributed by atoms with Crippen LogP contribution in [0.4, 0.5) is 0 Å². The largest absolute Gasteiger partial charge is 0.493 e. The molecule has 0 radical (unpaired) electrons. The summed E-state index contributed by atoms with van der Waals surface area (Å²) in [6, 6.07) is 5.61. The Hall–Kier alpha value is -1.75. The quantitative estimate of drug-likeness (QED) is 0.824. The van der Waals surface area contributed by atoms with E-state index in [2.05, 4.69) is 20.8 Å². The lowest BCUT2D eigenvalue weighted by Gasteiger charge is -2.24. The van der Waals surface area contributed by atoms with Crippen LogP contribution in [0.25, 0.3) is 0 Å². The molecule has 1 amide bonds. The summed E-state index contributed by atoms with van der Waals surface area (Å²) in [4.78, 5) is 24.0. The van der Waals surface area contributed by atoms with Gasteiger partial charge in [0.2, 0.25) is 5.91 Å². The topological polar surface area (TPSA) is 66.8 Å². The Balaban J connectivity index is 1.96. The fraction of sp³-hybridized carbons (Fsp3) is 0.556. The van der Waals surface area contributed by atoms with E-state index in [9.17, 15) is 9.59 Å². The van der Waals surface area contributed by atoms with E-state index >= 15 is 0 Å².